The van der Waals surface area contributed by atoms with E-state index in [2.05, 4.69) is 10.3 Å². The van der Waals surface area contributed by atoms with E-state index in [1.54, 1.807) is 12.1 Å². The van der Waals surface area contributed by atoms with Crippen LogP contribution in [0.25, 0.3) is 11.1 Å². The van der Waals surface area contributed by atoms with Crippen molar-refractivity contribution in [2.75, 3.05) is 26.2 Å². The molecular formula is C22H23ClN4O6. The first-order valence-electron chi connectivity index (χ1n) is 10.3. The zero-order valence-corrected chi connectivity index (χ0v) is 18.4. The molecule has 0 unspecified atom stereocenters. The van der Waals surface area contributed by atoms with Crippen molar-refractivity contribution in [2.45, 2.75) is 18.9 Å². The van der Waals surface area contributed by atoms with Gasteiger partial charge in [-0.25, -0.2) is 9.78 Å². The van der Waals surface area contributed by atoms with Gasteiger partial charge in [0, 0.05) is 32.6 Å². The highest BCUT2D eigenvalue weighted by atomic mass is 35.5. The number of aliphatic carboxylic acids is 1. The molecule has 1 aromatic carbocycles. The van der Waals surface area contributed by atoms with E-state index in [1.165, 1.54) is 9.80 Å². The number of hydrogen-bond acceptors (Lipinski definition) is 5. The van der Waals surface area contributed by atoms with Crippen molar-refractivity contribution in [3.8, 4) is 11.1 Å². The molecule has 0 bridgehead atoms. The van der Waals surface area contributed by atoms with E-state index in [0.717, 1.165) is 5.56 Å². The van der Waals surface area contributed by atoms with E-state index < -0.39 is 29.9 Å². The van der Waals surface area contributed by atoms with Crippen LogP contribution in [0.5, 0.6) is 0 Å². The summed E-state index contributed by atoms with van der Waals surface area (Å²) < 4.78 is 0. The average Bonchev–Trinajstić information content (AvgIpc) is 2.81. The summed E-state index contributed by atoms with van der Waals surface area (Å²) in [6.45, 7) is 0.574. The topological polar surface area (TPSA) is 140 Å². The maximum absolute atomic E-state index is 13.0. The van der Waals surface area contributed by atoms with Crippen LogP contribution in [-0.4, -0.2) is 81.1 Å². The van der Waals surface area contributed by atoms with Crippen molar-refractivity contribution in [1.82, 2.24) is 20.1 Å². The van der Waals surface area contributed by atoms with Gasteiger partial charge < -0.3 is 25.3 Å². The first-order chi connectivity index (χ1) is 15.7. The fourth-order valence-electron chi connectivity index (χ4n) is 3.51. The number of carboxylic acid groups (broad SMARTS) is 2. The summed E-state index contributed by atoms with van der Waals surface area (Å²) in [5.74, 6) is -2.24. The van der Waals surface area contributed by atoms with Crippen LogP contribution in [-0.2, 0) is 9.59 Å². The van der Waals surface area contributed by atoms with E-state index in [4.69, 9.17) is 21.8 Å². The van der Waals surface area contributed by atoms with Crippen molar-refractivity contribution < 1.29 is 29.4 Å². The molecule has 2 aromatic rings. The number of nitrogens with one attached hydrogen (secondary N) is 1. The summed E-state index contributed by atoms with van der Waals surface area (Å²) in [4.78, 5) is 54.8. The van der Waals surface area contributed by atoms with Gasteiger partial charge in [-0.3, -0.25) is 14.4 Å². The Kier molecular flexibility index (Phi) is 7.83. The van der Waals surface area contributed by atoms with Crippen LogP contribution in [0, 0.1) is 0 Å². The molecule has 0 saturated carbocycles. The van der Waals surface area contributed by atoms with Gasteiger partial charge in [0.1, 0.15) is 16.9 Å². The fraction of sp³-hybridized carbons (Fsp3) is 0.318. The molecule has 0 aliphatic carbocycles. The van der Waals surface area contributed by atoms with Crippen LogP contribution in [0.2, 0.25) is 5.15 Å². The van der Waals surface area contributed by atoms with Crippen LogP contribution < -0.4 is 5.32 Å². The van der Waals surface area contributed by atoms with Crippen molar-refractivity contribution in [1.29, 1.82) is 0 Å². The van der Waals surface area contributed by atoms with Gasteiger partial charge in [0.25, 0.3) is 5.91 Å². The first-order valence-corrected chi connectivity index (χ1v) is 10.6. The van der Waals surface area contributed by atoms with E-state index in [-0.39, 0.29) is 49.9 Å². The predicted molar refractivity (Wildman–Crippen MR) is 119 cm³/mol. The van der Waals surface area contributed by atoms with Crippen LogP contribution >= 0.6 is 11.6 Å². The molecule has 1 atom stereocenters. The second kappa shape index (κ2) is 10.8. The van der Waals surface area contributed by atoms with E-state index in [1.807, 2.05) is 30.3 Å². The third kappa shape index (κ3) is 6.42. The van der Waals surface area contributed by atoms with E-state index in [9.17, 15) is 19.2 Å². The molecule has 0 spiro atoms. The van der Waals surface area contributed by atoms with Crippen LogP contribution in [0.3, 0.4) is 0 Å². The summed E-state index contributed by atoms with van der Waals surface area (Å²) >= 11 is 6.11. The Morgan fingerprint density at radius 3 is 2.21 bits per heavy atom. The fourth-order valence-corrected chi connectivity index (χ4v) is 3.71. The number of aromatic nitrogens is 1. The SMILES string of the molecule is O=C(O)CC[C@H](NC(=O)c1cc(-c2ccccc2)cc(Cl)n1)C(=O)N1CCN(C(=O)O)CC1. The van der Waals surface area contributed by atoms with Gasteiger partial charge in [0.2, 0.25) is 5.91 Å². The molecule has 174 valence electrons. The number of piperazine rings is 1. The summed E-state index contributed by atoms with van der Waals surface area (Å²) in [6, 6.07) is 11.3. The quantitative estimate of drug-likeness (QED) is 0.522. The standard InChI is InChI=1S/C22H23ClN4O6/c23-18-13-15(14-4-2-1-3-5-14)12-17(24-18)20(30)25-16(6-7-19(28)29)21(31)26-8-10-27(11-9-26)22(32)33/h1-5,12-13,16H,6-11H2,(H,25,30)(H,28,29)(H,32,33)/t16-/m0/s1. The van der Waals surface area contributed by atoms with Crippen molar-refractivity contribution in [3.63, 3.8) is 0 Å². The maximum atomic E-state index is 13.0. The van der Waals surface area contributed by atoms with Crippen molar-refractivity contribution in [3.05, 3.63) is 53.3 Å². The second-order valence-corrected chi connectivity index (χ2v) is 7.87. The van der Waals surface area contributed by atoms with Gasteiger partial charge in [-0.1, -0.05) is 41.9 Å². The molecule has 1 saturated heterocycles. The van der Waals surface area contributed by atoms with Gasteiger partial charge in [-0.15, -0.1) is 0 Å². The summed E-state index contributed by atoms with van der Waals surface area (Å²) in [6.07, 6.45) is -1.52. The number of carbonyl (C=O) groups is 4. The number of halogens is 1. The largest absolute Gasteiger partial charge is 0.481 e. The molecule has 3 amide bonds. The lowest BCUT2D eigenvalue weighted by Crippen LogP contribution is -2.55. The number of benzene rings is 1. The molecule has 33 heavy (non-hydrogen) atoms. The Labute approximate surface area is 194 Å². The molecule has 1 aliphatic heterocycles. The molecule has 1 fully saturated rings. The Bertz CT molecular complexity index is 1040. The Balaban J connectivity index is 1.76. The maximum Gasteiger partial charge on any atom is 0.407 e. The average molecular weight is 475 g/mol. The highest BCUT2D eigenvalue weighted by molar-refractivity contribution is 6.29. The lowest BCUT2D eigenvalue weighted by atomic mass is 10.1. The van der Waals surface area contributed by atoms with Gasteiger partial charge >= 0.3 is 12.1 Å². The molecule has 11 heteroatoms. The predicted octanol–water partition coefficient (Wildman–Crippen LogP) is 2.19. The third-order valence-electron chi connectivity index (χ3n) is 5.25. The van der Waals surface area contributed by atoms with Crippen molar-refractivity contribution in [2.24, 2.45) is 0 Å². The minimum atomic E-state index is -1.11. The summed E-state index contributed by atoms with van der Waals surface area (Å²) in [5.41, 5.74) is 1.48. The highest BCUT2D eigenvalue weighted by Gasteiger charge is 2.30. The van der Waals surface area contributed by atoms with E-state index >= 15 is 0 Å². The molecule has 0 radical (unpaired) electrons. The highest BCUT2D eigenvalue weighted by Crippen LogP contribution is 2.23. The zero-order valence-electron chi connectivity index (χ0n) is 17.6. The van der Waals surface area contributed by atoms with Gasteiger partial charge in [0.05, 0.1) is 0 Å². The Hall–Kier alpha value is -3.66. The first kappa shape index (κ1) is 24.0. The number of pyridine rings is 1. The lowest BCUT2D eigenvalue weighted by Gasteiger charge is -2.35. The summed E-state index contributed by atoms with van der Waals surface area (Å²) in [7, 11) is 0. The molecular weight excluding hydrogens is 452 g/mol. The number of carboxylic acids is 1. The van der Waals surface area contributed by atoms with Crippen LogP contribution in [0.15, 0.2) is 42.5 Å². The lowest BCUT2D eigenvalue weighted by molar-refractivity contribution is -0.138. The molecule has 1 aromatic heterocycles. The number of carbonyl (C=O) groups excluding carboxylic acids is 2. The molecule has 2 heterocycles. The van der Waals surface area contributed by atoms with Gasteiger partial charge in [0.15, 0.2) is 0 Å². The number of amides is 3. The van der Waals surface area contributed by atoms with Crippen LogP contribution in [0.1, 0.15) is 23.3 Å². The van der Waals surface area contributed by atoms with Gasteiger partial charge in [-0.2, -0.15) is 0 Å². The zero-order chi connectivity index (χ0) is 24.0. The Morgan fingerprint density at radius 2 is 1.61 bits per heavy atom. The Morgan fingerprint density at radius 1 is 0.970 bits per heavy atom. The number of rotatable bonds is 7. The molecule has 3 N–H and O–H groups in total. The van der Waals surface area contributed by atoms with Crippen LogP contribution in [0.4, 0.5) is 4.79 Å². The van der Waals surface area contributed by atoms with Crippen molar-refractivity contribution >= 4 is 35.5 Å². The monoisotopic (exact) mass is 474 g/mol. The normalized spacial score (nSPS) is 14.5. The van der Waals surface area contributed by atoms with Gasteiger partial charge in [-0.05, 0) is 29.7 Å². The van der Waals surface area contributed by atoms with E-state index in [0.29, 0.717) is 5.56 Å². The molecule has 1 aliphatic rings. The minimum absolute atomic E-state index is 0.00910. The molecule has 3 rings (SSSR count). The number of nitrogens with zero attached hydrogens (tertiary/aromatic N) is 3. The minimum Gasteiger partial charge on any atom is -0.481 e. The molecule has 10 nitrogen and oxygen atoms in total. The number of hydrogen-bond donors (Lipinski definition) is 3. The summed E-state index contributed by atoms with van der Waals surface area (Å²) in [5, 5.41) is 20.8. The third-order valence-corrected chi connectivity index (χ3v) is 5.44. The second-order valence-electron chi connectivity index (χ2n) is 7.48. The smallest absolute Gasteiger partial charge is 0.407 e.